The zero-order valence-corrected chi connectivity index (χ0v) is 10.9. The van der Waals surface area contributed by atoms with Crippen LogP contribution >= 0.6 is 0 Å². The second-order valence-electron chi connectivity index (χ2n) is 5.15. The van der Waals surface area contributed by atoms with Crippen LogP contribution in [0.2, 0.25) is 0 Å². The summed E-state index contributed by atoms with van der Waals surface area (Å²) in [5, 5.41) is 0. The maximum absolute atomic E-state index is 5.97. The Bertz CT molecular complexity index is 347. The van der Waals surface area contributed by atoms with Crippen LogP contribution in [0.15, 0.2) is 18.3 Å². The number of pyridine rings is 1. The van der Waals surface area contributed by atoms with E-state index in [1.165, 1.54) is 18.5 Å². The van der Waals surface area contributed by atoms with Gasteiger partial charge in [-0.2, -0.15) is 0 Å². The minimum atomic E-state index is 0.0735. The number of hydrogen-bond acceptors (Lipinski definition) is 3. The maximum Gasteiger partial charge on any atom is 0.0572 e. The lowest BCUT2D eigenvalue weighted by atomic mass is 10.00. The zero-order valence-electron chi connectivity index (χ0n) is 10.9. The Kier molecular flexibility index (Phi) is 4.00. The van der Waals surface area contributed by atoms with Crippen molar-refractivity contribution < 1.29 is 0 Å². The fourth-order valence-electron chi connectivity index (χ4n) is 2.44. The summed E-state index contributed by atoms with van der Waals surface area (Å²) in [4.78, 5) is 6.92. The largest absolute Gasteiger partial charge is 0.370 e. The molecule has 3 heteroatoms. The van der Waals surface area contributed by atoms with Gasteiger partial charge >= 0.3 is 0 Å². The summed E-state index contributed by atoms with van der Waals surface area (Å²) in [6.45, 7) is 6.72. The molecular weight excluding hydrogens is 210 g/mol. The molecule has 1 aromatic heterocycles. The minimum Gasteiger partial charge on any atom is -0.370 e. The lowest BCUT2D eigenvalue weighted by Gasteiger charge is -2.32. The van der Waals surface area contributed by atoms with E-state index in [-0.39, 0.29) is 6.04 Å². The second kappa shape index (κ2) is 5.50. The first kappa shape index (κ1) is 12.4. The van der Waals surface area contributed by atoms with Crippen LogP contribution in [0.1, 0.15) is 44.8 Å². The fourth-order valence-corrected chi connectivity index (χ4v) is 2.44. The number of piperidine rings is 1. The van der Waals surface area contributed by atoms with E-state index < -0.39 is 0 Å². The van der Waals surface area contributed by atoms with E-state index in [0.29, 0.717) is 0 Å². The normalized spacial score (nSPS) is 22.5. The third kappa shape index (κ3) is 2.97. The van der Waals surface area contributed by atoms with Crippen LogP contribution in [0.25, 0.3) is 0 Å². The fraction of sp³-hybridized carbons (Fsp3) is 0.643. The Balaban J connectivity index is 2.06. The van der Waals surface area contributed by atoms with E-state index in [4.69, 9.17) is 5.73 Å². The predicted molar refractivity (Wildman–Crippen MR) is 72.1 cm³/mol. The van der Waals surface area contributed by atoms with Gasteiger partial charge in [0.15, 0.2) is 0 Å². The molecule has 2 heterocycles. The summed E-state index contributed by atoms with van der Waals surface area (Å²) in [6, 6.07) is 4.31. The van der Waals surface area contributed by atoms with Gasteiger partial charge in [0, 0.05) is 19.1 Å². The molecule has 2 rings (SSSR count). The molecule has 2 atom stereocenters. The van der Waals surface area contributed by atoms with Crippen LogP contribution in [-0.4, -0.2) is 18.1 Å². The second-order valence-corrected chi connectivity index (χ2v) is 5.15. The van der Waals surface area contributed by atoms with Crippen molar-refractivity contribution >= 4 is 5.69 Å². The molecule has 3 nitrogen and oxygen atoms in total. The van der Waals surface area contributed by atoms with Crippen molar-refractivity contribution in [2.24, 2.45) is 11.7 Å². The van der Waals surface area contributed by atoms with E-state index in [1.54, 1.807) is 0 Å². The van der Waals surface area contributed by atoms with Gasteiger partial charge in [0.25, 0.3) is 0 Å². The average Bonchev–Trinajstić information content (AvgIpc) is 2.38. The van der Waals surface area contributed by atoms with Gasteiger partial charge in [-0.3, -0.25) is 4.98 Å². The first-order valence-corrected chi connectivity index (χ1v) is 6.67. The summed E-state index contributed by atoms with van der Waals surface area (Å²) < 4.78 is 0. The number of nitrogens with two attached hydrogens (primary N) is 1. The summed E-state index contributed by atoms with van der Waals surface area (Å²) in [5.41, 5.74) is 8.21. The Morgan fingerprint density at radius 3 is 2.94 bits per heavy atom. The number of hydrogen-bond donors (Lipinski definition) is 1. The smallest absolute Gasteiger partial charge is 0.0572 e. The van der Waals surface area contributed by atoms with Crippen LogP contribution in [-0.2, 0) is 0 Å². The van der Waals surface area contributed by atoms with Gasteiger partial charge in [-0.1, -0.05) is 13.8 Å². The van der Waals surface area contributed by atoms with Crippen LogP contribution in [0.5, 0.6) is 0 Å². The van der Waals surface area contributed by atoms with Crippen molar-refractivity contribution in [3.8, 4) is 0 Å². The van der Waals surface area contributed by atoms with Crippen molar-refractivity contribution in [1.29, 1.82) is 0 Å². The Labute approximate surface area is 104 Å². The summed E-state index contributed by atoms with van der Waals surface area (Å²) in [6.07, 6.45) is 5.55. The van der Waals surface area contributed by atoms with Crippen molar-refractivity contribution in [1.82, 2.24) is 4.98 Å². The third-order valence-electron chi connectivity index (χ3n) is 3.61. The van der Waals surface area contributed by atoms with E-state index >= 15 is 0 Å². The molecule has 94 valence electrons. The van der Waals surface area contributed by atoms with Gasteiger partial charge in [-0.05, 0) is 37.3 Å². The summed E-state index contributed by atoms with van der Waals surface area (Å²) >= 11 is 0. The van der Waals surface area contributed by atoms with Gasteiger partial charge in [0.1, 0.15) is 0 Å². The molecule has 0 bridgehead atoms. The van der Waals surface area contributed by atoms with Crippen molar-refractivity contribution in [3.05, 3.63) is 24.0 Å². The molecule has 0 aromatic carbocycles. The maximum atomic E-state index is 5.97. The highest BCUT2D eigenvalue weighted by Crippen LogP contribution is 2.23. The van der Waals surface area contributed by atoms with Gasteiger partial charge in [-0.25, -0.2) is 0 Å². The van der Waals surface area contributed by atoms with Gasteiger partial charge < -0.3 is 10.6 Å². The third-order valence-corrected chi connectivity index (χ3v) is 3.61. The molecule has 17 heavy (non-hydrogen) atoms. The van der Waals surface area contributed by atoms with E-state index in [0.717, 1.165) is 31.1 Å². The topological polar surface area (TPSA) is 42.1 Å². The molecule has 1 aromatic rings. The van der Waals surface area contributed by atoms with E-state index in [1.807, 2.05) is 6.20 Å². The van der Waals surface area contributed by atoms with Crippen LogP contribution in [0, 0.1) is 5.92 Å². The van der Waals surface area contributed by atoms with E-state index in [2.05, 4.69) is 35.9 Å². The molecule has 1 aliphatic rings. The lowest BCUT2D eigenvalue weighted by molar-refractivity contribution is 0.446. The number of nitrogens with zero attached hydrogens (tertiary/aromatic N) is 2. The van der Waals surface area contributed by atoms with E-state index in [9.17, 15) is 0 Å². The zero-order chi connectivity index (χ0) is 12.3. The van der Waals surface area contributed by atoms with Gasteiger partial charge in [0.2, 0.25) is 0 Å². The molecule has 0 radical (unpaired) electrons. The predicted octanol–water partition coefficient (Wildman–Crippen LogP) is 2.73. The minimum absolute atomic E-state index is 0.0735. The highest BCUT2D eigenvalue weighted by Gasteiger charge is 2.17. The SMILES string of the molecule is CC[C@@H](N)c1ccc(N2CCCC(C)C2)cn1. The van der Waals surface area contributed by atoms with Crippen LogP contribution in [0.3, 0.4) is 0 Å². The molecule has 1 fully saturated rings. The molecule has 0 saturated carbocycles. The molecule has 1 aliphatic heterocycles. The standard InChI is InChI=1S/C14H23N3/c1-3-13(15)14-7-6-12(9-16-14)17-8-4-5-11(2)10-17/h6-7,9,11,13H,3-5,8,10,15H2,1-2H3/t11?,13-/m1/s1. The molecule has 1 saturated heterocycles. The highest BCUT2D eigenvalue weighted by molar-refractivity contribution is 5.45. The van der Waals surface area contributed by atoms with Gasteiger partial charge in [0.05, 0.1) is 17.6 Å². The molecular formula is C14H23N3. The molecule has 0 aliphatic carbocycles. The molecule has 2 N–H and O–H groups in total. The van der Waals surface area contributed by atoms with Crippen molar-refractivity contribution in [2.75, 3.05) is 18.0 Å². The Morgan fingerprint density at radius 1 is 1.53 bits per heavy atom. The molecule has 1 unspecified atom stereocenters. The van der Waals surface area contributed by atoms with Crippen molar-refractivity contribution in [2.45, 2.75) is 39.2 Å². The number of rotatable bonds is 3. The monoisotopic (exact) mass is 233 g/mol. The quantitative estimate of drug-likeness (QED) is 0.873. The average molecular weight is 233 g/mol. The molecule has 0 amide bonds. The first-order chi connectivity index (χ1) is 8.20. The number of aromatic nitrogens is 1. The lowest BCUT2D eigenvalue weighted by Crippen LogP contribution is -2.34. The highest BCUT2D eigenvalue weighted by atomic mass is 15.1. The molecule has 0 spiro atoms. The Hall–Kier alpha value is -1.09. The number of anilines is 1. The van der Waals surface area contributed by atoms with Crippen molar-refractivity contribution in [3.63, 3.8) is 0 Å². The van der Waals surface area contributed by atoms with Gasteiger partial charge in [-0.15, -0.1) is 0 Å². The Morgan fingerprint density at radius 2 is 2.35 bits per heavy atom. The summed E-state index contributed by atoms with van der Waals surface area (Å²) in [5.74, 6) is 0.793. The summed E-state index contributed by atoms with van der Waals surface area (Å²) in [7, 11) is 0. The van der Waals surface area contributed by atoms with Crippen LogP contribution in [0.4, 0.5) is 5.69 Å². The van der Waals surface area contributed by atoms with Crippen LogP contribution < -0.4 is 10.6 Å². The first-order valence-electron chi connectivity index (χ1n) is 6.67.